The monoisotopic (exact) mass is 394 g/mol. The molecule has 0 bridgehead atoms. The number of rotatable bonds is 4. The molecular weight excluding hydrogens is 382 g/mol. The van der Waals surface area contributed by atoms with Gasteiger partial charge in [-0.2, -0.15) is 0 Å². The third-order valence-corrected chi connectivity index (χ3v) is 5.61. The SMILES string of the molecule is Cc1c(Cl)cccc1S(=O)(=O)Nc1cccc(-c2ccc(F)cc2F)n1. The van der Waals surface area contributed by atoms with Crippen molar-refractivity contribution in [2.24, 2.45) is 0 Å². The third kappa shape index (κ3) is 3.68. The predicted octanol–water partition coefficient (Wildman–Crippen LogP) is 4.79. The minimum atomic E-state index is -3.93. The largest absolute Gasteiger partial charge is 0.263 e. The van der Waals surface area contributed by atoms with Crippen molar-refractivity contribution in [2.75, 3.05) is 4.72 Å². The summed E-state index contributed by atoms with van der Waals surface area (Å²) >= 11 is 5.98. The minimum Gasteiger partial charge on any atom is -0.263 e. The van der Waals surface area contributed by atoms with Gasteiger partial charge in [-0.3, -0.25) is 4.72 Å². The quantitative estimate of drug-likeness (QED) is 0.692. The van der Waals surface area contributed by atoms with Crippen LogP contribution in [0.15, 0.2) is 59.5 Å². The van der Waals surface area contributed by atoms with Crippen molar-refractivity contribution in [1.82, 2.24) is 4.98 Å². The molecule has 0 atom stereocenters. The molecule has 1 heterocycles. The first-order valence-corrected chi connectivity index (χ1v) is 9.34. The van der Waals surface area contributed by atoms with Crippen molar-refractivity contribution in [1.29, 1.82) is 0 Å². The fourth-order valence-corrected chi connectivity index (χ4v) is 3.91. The maximum absolute atomic E-state index is 13.9. The summed E-state index contributed by atoms with van der Waals surface area (Å²) in [5.74, 6) is -1.49. The Morgan fingerprint density at radius 1 is 1.04 bits per heavy atom. The number of aromatic nitrogens is 1. The second-order valence-corrected chi connectivity index (χ2v) is 7.56. The van der Waals surface area contributed by atoms with Gasteiger partial charge >= 0.3 is 0 Å². The lowest BCUT2D eigenvalue weighted by Crippen LogP contribution is -2.15. The summed E-state index contributed by atoms with van der Waals surface area (Å²) in [7, 11) is -3.93. The fourth-order valence-electron chi connectivity index (χ4n) is 2.41. The van der Waals surface area contributed by atoms with E-state index in [0.29, 0.717) is 10.6 Å². The van der Waals surface area contributed by atoms with Crippen LogP contribution < -0.4 is 4.72 Å². The highest BCUT2D eigenvalue weighted by Crippen LogP contribution is 2.26. The number of nitrogens with zero attached hydrogens (tertiary/aromatic N) is 1. The standard InChI is InChI=1S/C18H13ClF2N2O2S/c1-11-14(19)4-2-6-17(11)26(24,25)23-18-7-3-5-16(22-18)13-9-8-12(20)10-15(13)21/h2-10H,1H3,(H,22,23). The zero-order valence-corrected chi connectivity index (χ0v) is 15.1. The molecule has 0 saturated heterocycles. The van der Waals surface area contributed by atoms with Gasteiger partial charge in [-0.1, -0.05) is 23.7 Å². The van der Waals surface area contributed by atoms with Gasteiger partial charge in [0.05, 0.1) is 10.6 Å². The van der Waals surface area contributed by atoms with Crippen LogP contribution in [0.5, 0.6) is 0 Å². The van der Waals surface area contributed by atoms with Gasteiger partial charge in [0.15, 0.2) is 0 Å². The molecule has 134 valence electrons. The molecule has 8 heteroatoms. The van der Waals surface area contributed by atoms with Crippen LogP contribution in [-0.2, 0) is 10.0 Å². The zero-order chi connectivity index (χ0) is 18.9. The third-order valence-electron chi connectivity index (χ3n) is 3.70. The number of benzene rings is 2. The van der Waals surface area contributed by atoms with Crippen LogP contribution in [0.25, 0.3) is 11.3 Å². The summed E-state index contributed by atoms with van der Waals surface area (Å²) < 4.78 is 54.5. The van der Waals surface area contributed by atoms with Crippen LogP contribution >= 0.6 is 11.6 Å². The molecular formula is C18H13ClF2N2O2S. The first-order valence-electron chi connectivity index (χ1n) is 7.48. The Labute approximate surface area is 154 Å². The second kappa shape index (κ2) is 7.01. The number of pyridine rings is 1. The fraction of sp³-hybridized carbons (Fsp3) is 0.0556. The number of nitrogens with one attached hydrogen (secondary N) is 1. The van der Waals surface area contributed by atoms with Gasteiger partial charge < -0.3 is 0 Å². The summed E-state index contributed by atoms with van der Waals surface area (Å²) in [6.45, 7) is 1.59. The highest BCUT2D eigenvalue weighted by molar-refractivity contribution is 7.92. The Morgan fingerprint density at radius 3 is 2.50 bits per heavy atom. The van der Waals surface area contributed by atoms with Crippen molar-refractivity contribution in [3.05, 3.63) is 76.8 Å². The molecule has 2 aromatic carbocycles. The van der Waals surface area contributed by atoms with Gasteiger partial charge in [-0.25, -0.2) is 22.2 Å². The van der Waals surface area contributed by atoms with E-state index in [1.165, 1.54) is 36.4 Å². The van der Waals surface area contributed by atoms with Crippen molar-refractivity contribution >= 4 is 27.4 Å². The lowest BCUT2D eigenvalue weighted by molar-refractivity contribution is 0.585. The average molecular weight is 395 g/mol. The van der Waals surface area contributed by atoms with E-state index in [-0.39, 0.29) is 22.0 Å². The van der Waals surface area contributed by atoms with E-state index < -0.39 is 21.7 Å². The van der Waals surface area contributed by atoms with Gasteiger partial charge in [-0.15, -0.1) is 0 Å². The average Bonchev–Trinajstić information content (AvgIpc) is 2.57. The van der Waals surface area contributed by atoms with Gasteiger partial charge in [0, 0.05) is 16.7 Å². The lowest BCUT2D eigenvalue weighted by Gasteiger charge is -2.11. The molecule has 0 aliphatic rings. The molecule has 0 fully saturated rings. The first-order chi connectivity index (χ1) is 12.3. The lowest BCUT2D eigenvalue weighted by atomic mass is 10.1. The number of hydrogen-bond acceptors (Lipinski definition) is 3. The van der Waals surface area contributed by atoms with Gasteiger partial charge in [0.2, 0.25) is 0 Å². The maximum atomic E-state index is 13.9. The Bertz CT molecular complexity index is 1090. The molecule has 0 amide bonds. The summed E-state index contributed by atoms with van der Waals surface area (Å²) in [6, 6.07) is 12.1. The first kappa shape index (κ1) is 18.3. The summed E-state index contributed by atoms with van der Waals surface area (Å²) in [5.41, 5.74) is 0.638. The second-order valence-electron chi connectivity index (χ2n) is 5.50. The van der Waals surface area contributed by atoms with Gasteiger partial charge in [0.1, 0.15) is 17.5 Å². The van der Waals surface area contributed by atoms with Crippen LogP contribution in [0, 0.1) is 18.6 Å². The molecule has 0 saturated carbocycles. The Kier molecular flexibility index (Phi) is 4.93. The van der Waals surface area contributed by atoms with E-state index in [4.69, 9.17) is 11.6 Å². The van der Waals surface area contributed by atoms with Gasteiger partial charge in [0.25, 0.3) is 10.0 Å². The highest BCUT2D eigenvalue weighted by Gasteiger charge is 2.19. The molecule has 0 radical (unpaired) electrons. The normalized spacial score (nSPS) is 11.4. The predicted molar refractivity (Wildman–Crippen MR) is 96.6 cm³/mol. The number of halogens is 3. The number of hydrogen-bond donors (Lipinski definition) is 1. The smallest absolute Gasteiger partial charge is 0.263 e. The van der Waals surface area contributed by atoms with E-state index >= 15 is 0 Å². The van der Waals surface area contributed by atoms with E-state index in [0.717, 1.165) is 12.1 Å². The summed E-state index contributed by atoms with van der Waals surface area (Å²) in [6.07, 6.45) is 0. The van der Waals surface area contributed by atoms with E-state index in [1.807, 2.05) is 0 Å². The van der Waals surface area contributed by atoms with Crippen molar-refractivity contribution in [3.63, 3.8) is 0 Å². The molecule has 0 aliphatic heterocycles. The van der Waals surface area contributed by atoms with Crippen LogP contribution in [0.1, 0.15) is 5.56 Å². The van der Waals surface area contributed by atoms with E-state index in [9.17, 15) is 17.2 Å². The minimum absolute atomic E-state index is 0.00519. The Hall–Kier alpha value is -2.51. The van der Waals surface area contributed by atoms with Crippen LogP contribution in [0.4, 0.5) is 14.6 Å². The maximum Gasteiger partial charge on any atom is 0.263 e. The summed E-state index contributed by atoms with van der Waals surface area (Å²) in [5, 5.41) is 0.322. The molecule has 26 heavy (non-hydrogen) atoms. The van der Waals surface area contributed by atoms with Gasteiger partial charge in [-0.05, 0) is 48.9 Å². The van der Waals surface area contributed by atoms with Crippen LogP contribution in [-0.4, -0.2) is 13.4 Å². The molecule has 4 nitrogen and oxygen atoms in total. The highest BCUT2D eigenvalue weighted by atomic mass is 35.5. The zero-order valence-electron chi connectivity index (χ0n) is 13.5. The van der Waals surface area contributed by atoms with Crippen molar-refractivity contribution in [3.8, 4) is 11.3 Å². The van der Waals surface area contributed by atoms with Crippen LogP contribution in [0.2, 0.25) is 5.02 Å². The van der Waals surface area contributed by atoms with Crippen LogP contribution in [0.3, 0.4) is 0 Å². The Balaban J connectivity index is 1.97. The molecule has 0 spiro atoms. The number of sulfonamides is 1. The Morgan fingerprint density at radius 2 is 1.77 bits per heavy atom. The number of anilines is 1. The van der Waals surface area contributed by atoms with Crippen molar-refractivity contribution < 1.29 is 17.2 Å². The summed E-state index contributed by atoms with van der Waals surface area (Å²) in [4.78, 5) is 4.13. The molecule has 3 rings (SSSR count). The molecule has 1 N–H and O–H groups in total. The molecule has 0 unspecified atom stereocenters. The van der Waals surface area contributed by atoms with E-state index in [1.54, 1.807) is 13.0 Å². The topological polar surface area (TPSA) is 59.1 Å². The van der Waals surface area contributed by atoms with E-state index in [2.05, 4.69) is 9.71 Å². The molecule has 1 aromatic heterocycles. The molecule has 0 aliphatic carbocycles. The van der Waals surface area contributed by atoms with Crippen molar-refractivity contribution in [2.45, 2.75) is 11.8 Å². The molecule has 3 aromatic rings.